The van der Waals surface area contributed by atoms with E-state index in [1.807, 2.05) is 55.5 Å². The summed E-state index contributed by atoms with van der Waals surface area (Å²) in [5.74, 6) is 0.113. The number of methoxy groups -OCH3 is 2. The van der Waals surface area contributed by atoms with E-state index >= 15 is 0 Å². The number of nitrogens with zero attached hydrogens (tertiary/aromatic N) is 2. The van der Waals surface area contributed by atoms with Crippen molar-refractivity contribution >= 4 is 39.1 Å². The lowest BCUT2D eigenvalue weighted by Gasteiger charge is -2.35. The Balaban J connectivity index is 1.59. The second-order valence-electron chi connectivity index (χ2n) is 12.6. The zero-order valence-corrected chi connectivity index (χ0v) is 30.3. The first-order valence-corrected chi connectivity index (χ1v) is 18.6. The second-order valence-corrected chi connectivity index (χ2v) is 14.8. The van der Waals surface area contributed by atoms with Crippen LogP contribution in [0.5, 0.6) is 11.5 Å². The van der Waals surface area contributed by atoms with Crippen LogP contribution >= 0.6 is 11.6 Å². The van der Waals surface area contributed by atoms with E-state index < -0.39 is 28.5 Å². The average Bonchev–Trinajstić information content (AvgIpc) is 3.13. The smallest absolute Gasteiger partial charge is 0.264 e. The fraction of sp³-hybridized carbons (Fsp3) is 0.333. The molecule has 0 aliphatic heterocycles. The van der Waals surface area contributed by atoms with Crippen LogP contribution in [-0.2, 0) is 32.6 Å². The molecule has 5 rings (SSSR count). The molecule has 0 bridgehead atoms. The SMILES string of the molecule is COc1cccc(CN(C(=O)CN(c2ccc(OC)c(Cl)c2)S(=O)(=O)c2ccc(C)cc2)C(Cc2ccccc2)C(=O)NC2CCCCC2)c1. The van der Waals surface area contributed by atoms with E-state index in [-0.39, 0.29) is 40.5 Å². The summed E-state index contributed by atoms with van der Waals surface area (Å²) in [6, 6.07) is 26.9. The van der Waals surface area contributed by atoms with E-state index in [1.165, 1.54) is 30.2 Å². The van der Waals surface area contributed by atoms with Crippen molar-refractivity contribution in [2.45, 2.75) is 69.0 Å². The van der Waals surface area contributed by atoms with Gasteiger partial charge in [0, 0.05) is 19.0 Å². The quantitative estimate of drug-likeness (QED) is 0.151. The normalized spacial score (nSPS) is 14.0. The number of nitrogens with one attached hydrogen (secondary N) is 1. The topological polar surface area (TPSA) is 105 Å². The highest BCUT2D eigenvalue weighted by Gasteiger charge is 2.35. The molecular weight excluding hydrogens is 674 g/mol. The molecule has 264 valence electrons. The highest BCUT2D eigenvalue weighted by molar-refractivity contribution is 7.92. The molecular formula is C39H44ClN3O6S. The van der Waals surface area contributed by atoms with Crippen LogP contribution in [0.4, 0.5) is 5.69 Å². The Morgan fingerprint density at radius 3 is 2.22 bits per heavy atom. The van der Waals surface area contributed by atoms with E-state index in [9.17, 15) is 18.0 Å². The standard InChI is InChI=1S/C39H44ClN3O6S/c1-28-17-20-34(21-18-28)50(46,47)43(32-19-22-37(49-3)35(40)25-32)27-38(44)42(26-30-13-10-16-33(23-30)48-2)36(24-29-11-6-4-7-12-29)39(45)41-31-14-8-5-9-15-31/h4,6-7,10-13,16-23,25,31,36H,5,8-9,14-15,24,26-27H2,1-3H3,(H,41,45). The molecule has 1 N–H and O–H groups in total. The number of amides is 2. The number of ether oxygens (including phenoxy) is 2. The highest BCUT2D eigenvalue weighted by atomic mass is 35.5. The lowest BCUT2D eigenvalue weighted by atomic mass is 9.94. The third kappa shape index (κ3) is 9.17. The van der Waals surface area contributed by atoms with Crippen LogP contribution in [0.25, 0.3) is 0 Å². The molecule has 0 spiro atoms. The molecule has 4 aromatic rings. The zero-order valence-electron chi connectivity index (χ0n) is 28.7. The Labute approximate surface area is 300 Å². The summed E-state index contributed by atoms with van der Waals surface area (Å²) in [6.07, 6.45) is 5.14. The Bertz CT molecular complexity index is 1860. The molecule has 50 heavy (non-hydrogen) atoms. The molecule has 4 aromatic carbocycles. The predicted octanol–water partition coefficient (Wildman–Crippen LogP) is 6.95. The number of rotatable bonds is 14. The van der Waals surface area contributed by atoms with Gasteiger partial charge >= 0.3 is 0 Å². The van der Waals surface area contributed by atoms with Crippen molar-refractivity contribution in [2.75, 3.05) is 25.1 Å². The van der Waals surface area contributed by atoms with Gasteiger partial charge in [-0.15, -0.1) is 0 Å². The fourth-order valence-corrected chi connectivity index (χ4v) is 7.90. The Kier molecular flexibility index (Phi) is 12.4. The van der Waals surface area contributed by atoms with Gasteiger partial charge < -0.3 is 19.7 Å². The molecule has 2 amide bonds. The van der Waals surface area contributed by atoms with Gasteiger partial charge in [-0.25, -0.2) is 8.42 Å². The van der Waals surface area contributed by atoms with Crippen molar-refractivity contribution in [1.29, 1.82) is 0 Å². The van der Waals surface area contributed by atoms with Gasteiger partial charge in [0.25, 0.3) is 10.0 Å². The van der Waals surface area contributed by atoms with Crippen LogP contribution in [0.1, 0.15) is 48.8 Å². The maximum atomic E-state index is 14.8. The number of halogens is 1. The number of carbonyl (C=O) groups excluding carboxylic acids is 2. The molecule has 1 aliphatic rings. The molecule has 0 heterocycles. The number of hydrogen-bond donors (Lipinski definition) is 1. The third-order valence-electron chi connectivity index (χ3n) is 9.02. The van der Waals surface area contributed by atoms with Crippen molar-refractivity contribution in [1.82, 2.24) is 10.2 Å². The zero-order chi connectivity index (χ0) is 35.7. The van der Waals surface area contributed by atoms with E-state index in [4.69, 9.17) is 21.1 Å². The Hall–Kier alpha value is -4.54. The number of carbonyl (C=O) groups is 2. The van der Waals surface area contributed by atoms with Crippen LogP contribution < -0.4 is 19.1 Å². The molecule has 0 aromatic heterocycles. The summed E-state index contributed by atoms with van der Waals surface area (Å²) in [4.78, 5) is 30.6. The first kappa shape index (κ1) is 36.7. The van der Waals surface area contributed by atoms with Crippen LogP contribution in [-0.4, -0.2) is 58.0 Å². The van der Waals surface area contributed by atoms with Gasteiger partial charge in [0.1, 0.15) is 24.1 Å². The number of anilines is 1. The number of aryl methyl sites for hydroxylation is 1. The number of sulfonamides is 1. The minimum absolute atomic E-state index is 0.00292. The second kappa shape index (κ2) is 16.9. The molecule has 1 unspecified atom stereocenters. The fourth-order valence-electron chi connectivity index (χ4n) is 6.24. The largest absolute Gasteiger partial charge is 0.497 e. The summed E-state index contributed by atoms with van der Waals surface area (Å²) in [5.41, 5.74) is 2.65. The van der Waals surface area contributed by atoms with Gasteiger partial charge in [0.15, 0.2) is 0 Å². The van der Waals surface area contributed by atoms with Gasteiger partial charge in [0.2, 0.25) is 11.8 Å². The lowest BCUT2D eigenvalue weighted by Crippen LogP contribution is -2.55. The molecule has 0 radical (unpaired) electrons. The molecule has 1 atom stereocenters. The number of benzene rings is 4. The minimum Gasteiger partial charge on any atom is -0.497 e. The van der Waals surface area contributed by atoms with Crippen LogP contribution in [0.3, 0.4) is 0 Å². The van der Waals surface area contributed by atoms with E-state index in [0.29, 0.717) is 11.5 Å². The summed E-state index contributed by atoms with van der Waals surface area (Å²) in [5, 5.41) is 3.41. The first-order chi connectivity index (χ1) is 24.1. The maximum Gasteiger partial charge on any atom is 0.264 e. The minimum atomic E-state index is -4.28. The van der Waals surface area contributed by atoms with E-state index in [0.717, 1.165) is 53.1 Å². The van der Waals surface area contributed by atoms with Crippen molar-refractivity contribution in [2.24, 2.45) is 0 Å². The molecule has 11 heteroatoms. The van der Waals surface area contributed by atoms with E-state index in [2.05, 4.69) is 5.32 Å². The Morgan fingerprint density at radius 2 is 1.56 bits per heavy atom. The average molecular weight is 718 g/mol. The van der Waals surface area contributed by atoms with Gasteiger partial charge in [-0.3, -0.25) is 13.9 Å². The van der Waals surface area contributed by atoms with Crippen molar-refractivity contribution in [3.63, 3.8) is 0 Å². The van der Waals surface area contributed by atoms with E-state index in [1.54, 1.807) is 37.4 Å². The lowest BCUT2D eigenvalue weighted by molar-refractivity contribution is -0.140. The summed E-state index contributed by atoms with van der Waals surface area (Å²) in [6.45, 7) is 1.31. The number of hydrogen-bond acceptors (Lipinski definition) is 6. The molecule has 1 aliphatic carbocycles. The van der Waals surface area contributed by atoms with Crippen molar-refractivity contribution in [3.05, 3.63) is 119 Å². The van der Waals surface area contributed by atoms with Gasteiger partial charge in [-0.05, 0) is 73.4 Å². The monoisotopic (exact) mass is 717 g/mol. The molecule has 9 nitrogen and oxygen atoms in total. The summed E-state index contributed by atoms with van der Waals surface area (Å²) < 4.78 is 40.5. The van der Waals surface area contributed by atoms with Crippen LogP contribution in [0.15, 0.2) is 102 Å². The van der Waals surface area contributed by atoms with Crippen molar-refractivity contribution < 1.29 is 27.5 Å². The molecule has 0 saturated heterocycles. The maximum absolute atomic E-state index is 14.8. The third-order valence-corrected chi connectivity index (χ3v) is 11.1. The highest BCUT2D eigenvalue weighted by Crippen LogP contribution is 2.32. The molecule has 1 fully saturated rings. The predicted molar refractivity (Wildman–Crippen MR) is 196 cm³/mol. The van der Waals surface area contributed by atoms with Crippen LogP contribution in [0, 0.1) is 6.92 Å². The van der Waals surface area contributed by atoms with Crippen LogP contribution in [0.2, 0.25) is 5.02 Å². The summed E-state index contributed by atoms with van der Waals surface area (Å²) in [7, 11) is -1.25. The Morgan fingerprint density at radius 1 is 0.860 bits per heavy atom. The van der Waals surface area contributed by atoms with Gasteiger partial charge in [0.05, 0.1) is 29.8 Å². The summed E-state index contributed by atoms with van der Waals surface area (Å²) >= 11 is 6.49. The first-order valence-electron chi connectivity index (χ1n) is 16.8. The van der Waals surface area contributed by atoms with Crippen molar-refractivity contribution in [3.8, 4) is 11.5 Å². The van der Waals surface area contributed by atoms with Gasteiger partial charge in [-0.2, -0.15) is 0 Å². The van der Waals surface area contributed by atoms with Gasteiger partial charge in [-0.1, -0.05) is 91.0 Å². The molecule has 1 saturated carbocycles.